The maximum absolute atomic E-state index is 2.86. The molecule has 278 valence electrons. The summed E-state index contributed by atoms with van der Waals surface area (Å²) in [6.45, 7) is 11.1. The molecule has 0 aliphatic heterocycles. The van der Waals surface area contributed by atoms with Crippen molar-refractivity contribution in [1.29, 1.82) is 0 Å². The highest BCUT2D eigenvalue weighted by molar-refractivity contribution is 4.61. The zero-order chi connectivity index (χ0) is 33.3. The molecule has 1 heteroatoms. The molecule has 0 spiro atoms. The van der Waals surface area contributed by atoms with Crippen LogP contribution in [0.5, 0.6) is 0 Å². The van der Waals surface area contributed by atoms with E-state index in [1.54, 1.807) is 0 Å². The van der Waals surface area contributed by atoms with Crippen LogP contribution in [0.25, 0.3) is 0 Å². The van der Waals surface area contributed by atoms with Crippen LogP contribution in [0.1, 0.15) is 271 Å². The van der Waals surface area contributed by atoms with Gasteiger partial charge >= 0.3 is 0 Å². The molecule has 0 aromatic rings. The lowest BCUT2D eigenvalue weighted by atomic mass is 10.0. The summed E-state index contributed by atoms with van der Waals surface area (Å²) in [5.74, 6) is 0. The highest BCUT2D eigenvalue weighted by Gasteiger charge is 2.05. The highest BCUT2D eigenvalue weighted by atomic mass is 15.1. The molecule has 0 aliphatic rings. The summed E-state index contributed by atoms with van der Waals surface area (Å²) in [5.41, 5.74) is 0. The van der Waals surface area contributed by atoms with Crippen molar-refractivity contribution in [2.45, 2.75) is 271 Å². The van der Waals surface area contributed by atoms with Crippen LogP contribution in [0, 0.1) is 0 Å². The normalized spacial score (nSPS) is 11.7. The summed E-state index contributed by atoms with van der Waals surface area (Å²) < 4.78 is 0. The molecule has 0 saturated heterocycles. The van der Waals surface area contributed by atoms with Crippen LogP contribution in [0.3, 0.4) is 0 Å². The van der Waals surface area contributed by atoms with E-state index in [-0.39, 0.29) is 0 Å². The molecule has 0 rings (SSSR count). The third-order valence-electron chi connectivity index (χ3n) is 10.7. The topological polar surface area (TPSA) is 3.24 Å². The van der Waals surface area contributed by atoms with E-state index in [4.69, 9.17) is 0 Å². The van der Waals surface area contributed by atoms with Crippen LogP contribution in [-0.4, -0.2) is 24.5 Å². The molecule has 0 aromatic carbocycles. The predicted octanol–water partition coefficient (Wildman–Crippen LogP) is 16.6. The minimum atomic E-state index is 1.37. The van der Waals surface area contributed by atoms with Gasteiger partial charge in [0.2, 0.25) is 0 Å². The van der Waals surface area contributed by atoms with Gasteiger partial charge in [-0.3, -0.25) is 0 Å². The van der Waals surface area contributed by atoms with E-state index in [2.05, 4.69) is 25.7 Å². The Hall–Kier alpha value is -0.0400. The molecule has 0 aliphatic carbocycles. The minimum Gasteiger partial charge on any atom is -0.303 e. The summed E-state index contributed by atoms with van der Waals surface area (Å²) in [6, 6.07) is 0. The van der Waals surface area contributed by atoms with E-state index >= 15 is 0 Å². The molecule has 0 N–H and O–H groups in total. The average Bonchev–Trinajstić information content (AvgIpc) is 3.07. The van der Waals surface area contributed by atoms with Gasteiger partial charge < -0.3 is 4.90 Å². The van der Waals surface area contributed by atoms with Gasteiger partial charge in [-0.2, -0.15) is 0 Å². The van der Waals surface area contributed by atoms with Gasteiger partial charge in [0.1, 0.15) is 0 Å². The van der Waals surface area contributed by atoms with Gasteiger partial charge in [0, 0.05) is 0 Å². The van der Waals surface area contributed by atoms with Crippen molar-refractivity contribution in [1.82, 2.24) is 4.90 Å². The zero-order valence-electron chi connectivity index (χ0n) is 33.1. The maximum Gasteiger partial charge on any atom is -0.00187 e. The molecule has 0 bridgehead atoms. The van der Waals surface area contributed by atoms with Crippen LogP contribution in [0.2, 0.25) is 0 Å². The highest BCUT2D eigenvalue weighted by Crippen LogP contribution is 2.16. The molecule has 0 radical (unpaired) electrons. The van der Waals surface area contributed by atoms with E-state index < -0.39 is 0 Å². The Balaban J connectivity index is 3.76. The second-order valence-corrected chi connectivity index (χ2v) is 15.6. The van der Waals surface area contributed by atoms with Crippen LogP contribution in [-0.2, 0) is 0 Å². The maximum atomic E-state index is 2.86. The molecule has 46 heavy (non-hydrogen) atoms. The van der Waals surface area contributed by atoms with Crippen LogP contribution in [0.4, 0.5) is 0 Å². The van der Waals surface area contributed by atoms with E-state index in [1.165, 1.54) is 270 Å². The fraction of sp³-hybridized carbons (Fsp3) is 1.00. The molecule has 0 saturated carbocycles. The summed E-state index contributed by atoms with van der Waals surface area (Å²) in [4.78, 5) is 2.86. The minimum absolute atomic E-state index is 1.37. The molecule has 0 amide bonds. The predicted molar refractivity (Wildman–Crippen MR) is 214 cm³/mol. The molecule has 1 nitrogen and oxygen atoms in total. The number of nitrogens with zero attached hydrogens (tertiary/aromatic N) is 1. The van der Waals surface area contributed by atoms with Gasteiger partial charge in [0.05, 0.1) is 0 Å². The second-order valence-electron chi connectivity index (χ2n) is 15.6. The molecule has 0 unspecified atom stereocenters. The Kier molecular flexibility index (Phi) is 42.9. The van der Waals surface area contributed by atoms with Crippen molar-refractivity contribution in [3.05, 3.63) is 0 Å². The molecule has 0 aromatic heterocycles. The quantitative estimate of drug-likeness (QED) is 0.0596. The summed E-state index contributed by atoms with van der Waals surface area (Å²) in [5, 5.41) is 0. The average molecular weight is 648 g/mol. The van der Waals surface area contributed by atoms with Gasteiger partial charge in [-0.15, -0.1) is 0 Å². The van der Waals surface area contributed by atoms with Crippen LogP contribution >= 0.6 is 0 Å². The molecular weight excluding hydrogens is 555 g/mol. The van der Waals surface area contributed by atoms with E-state index in [1.807, 2.05) is 0 Å². The first-order valence-corrected chi connectivity index (χ1v) is 22.6. The van der Waals surface area contributed by atoms with Crippen molar-refractivity contribution < 1.29 is 0 Å². The van der Waals surface area contributed by atoms with E-state index in [9.17, 15) is 0 Å². The SMILES string of the molecule is CCCCCCCCCCCCCCCCCCN(CCCCCCCCC)CCCCCCCCCCCCCCCCCC. The van der Waals surface area contributed by atoms with Gasteiger partial charge in [-0.05, 0) is 38.9 Å². The summed E-state index contributed by atoms with van der Waals surface area (Å²) >= 11 is 0. The van der Waals surface area contributed by atoms with Crippen LogP contribution < -0.4 is 0 Å². The largest absolute Gasteiger partial charge is 0.303 e. The molecular formula is C45H93N. The Morgan fingerprint density at radius 2 is 0.304 bits per heavy atom. The van der Waals surface area contributed by atoms with Gasteiger partial charge in [0.25, 0.3) is 0 Å². The van der Waals surface area contributed by atoms with E-state index in [0.717, 1.165) is 0 Å². The monoisotopic (exact) mass is 648 g/mol. The second kappa shape index (κ2) is 43.0. The van der Waals surface area contributed by atoms with Crippen LogP contribution in [0.15, 0.2) is 0 Å². The smallest absolute Gasteiger partial charge is 0.00187 e. The van der Waals surface area contributed by atoms with Crippen molar-refractivity contribution >= 4 is 0 Å². The molecule has 0 fully saturated rings. The first-order valence-electron chi connectivity index (χ1n) is 22.6. The third-order valence-corrected chi connectivity index (χ3v) is 10.7. The summed E-state index contributed by atoms with van der Waals surface area (Å²) in [6.07, 6.45) is 57.1. The molecule has 0 heterocycles. The van der Waals surface area contributed by atoms with Crippen molar-refractivity contribution in [2.24, 2.45) is 0 Å². The fourth-order valence-electron chi connectivity index (χ4n) is 7.39. The Morgan fingerprint density at radius 1 is 0.174 bits per heavy atom. The van der Waals surface area contributed by atoms with Gasteiger partial charge in [-0.25, -0.2) is 0 Å². The lowest BCUT2D eigenvalue weighted by molar-refractivity contribution is 0.254. The van der Waals surface area contributed by atoms with Gasteiger partial charge in [-0.1, -0.05) is 252 Å². The fourth-order valence-corrected chi connectivity index (χ4v) is 7.39. The third kappa shape index (κ3) is 40.1. The first kappa shape index (κ1) is 46.0. The number of hydrogen-bond acceptors (Lipinski definition) is 1. The standard InChI is InChI=1S/C45H93N/c1-4-7-10-13-16-18-20-22-24-26-28-30-32-35-38-41-44-46(43-40-37-34-15-12-9-6-3)45-42-39-36-33-31-29-27-25-23-21-19-17-14-11-8-5-2/h4-45H2,1-3H3. The Bertz CT molecular complexity index is 465. The Labute approximate surface area is 295 Å². The van der Waals surface area contributed by atoms with Gasteiger partial charge in [0.15, 0.2) is 0 Å². The van der Waals surface area contributed by atoms with Crippen molar-refractivity contribution in [2.75, 3.05) is 19.6 Å². The molecule has 0 atom stereocenters. The van der Waals surface area contributed by atoms with Crippen molar-refractivity contribution in [3.8, 4) is 0 Å². The lowest BCUT2D eigenvalue weighted by Gasteiger charge is -2.22. The van der Waals surface area contributed by atoms with E-state index in [0.29, 0.717) is 0 Å². The van der Waals surface area contributed by atoms with Crippen molar-refractivity contribution in [3.63, 3.8) is 0 Å². The number of hydrogen-bond donors (Lipinski definition) is 0. The zero-order valence-corrected chi connectivity index (χ0v) is 33.1. The first-order chi connectivity index (χ1) is 22.8. The number of unbranched alkanes of at least 4 members (excludes halogenated alkanes) is 36. The Morgan fingerprint density at radius 3 is 0.457 bits per heavy atom. The lowest BCUT2D eigenvalue weighted by Crippen LogP contribution is -2.27. The summed E-state index contributed by atoms with van der Waals surface area (Å²) in [7, 11) is 0. The number of rotatable bonds is 42.